The molecule has 0 amide bonds. The van der Waals surface area contributed by atoms with Crippen molar-refractivity contribution in [2.45, 2.75) is 0 Å². The molecule has 0 radical (unpaired) electrons. The van der Waals surface area contributed by atoms with Crippen LogP contribution >= 0.6 is 0 Å². The molecule has 0 aromatic carbocycles. The predicted octanol–water partition coefficient (Wildman–Crippen LogP) is 2.09. The van der Waals surface area contributed by atoms with E-state index in [-0.39, 0.29) is 0 Å². The predicted molar refractivity (Wildman–Crippen MR) is 60.6 cm³/mol. The summed E-state index contributed by atoms with van der Waals surface area (Å²) >= 11 is 0. The second-order valence-corrected chi connectivity index (χ2v) is 3.32. The Kier molecular flexibility index (Phi) is 2.04. The molecule has 3 rings (SSSR count). The summed E-state index contributed by atoms with van der Waals surface area (Å²) in [5.74, 6) is 0.626. The first kappa shape index (κ1) is 8.91. The van der Waals surface area contributed by atoms with Crippen molar-refractivity contribution in [1.82, 2.24) is 19.9 Å². The van der Waals surface area contributed by atoms with Crippen LogP contribution in [0, 0.1) is 0 Å². The zero-order chi connectivity index (χ0) is 10.8. The van der Waals surface area contributed by atoms with Crippen LogP contribution in [0.15, 0.2) is 48.9 Å². The summed E-state index contributed by atoms with van der Waals surface area (Å²) in [6, 6.07) is 9.44. The molecule has 0 N–H and O–H groups in total. The van der Waals surface area contributed by atoms with E-state index in [1.807, 2.05) is 30.3 Å². The van der Waals surface area contributed by atoms with E-state index >= 15 is 0 Å². The van der Waals surface area contributed by atoms with Crippen molar-refractivity contribution in [2.24, 2.45) is 0 Å². The third kappa shape index (κ3) is 1.50. The third-order valence-electron chi connectivity index (χ3n) is 2.25. The van der Waals surface area contributed by atoms with Crippen molar-refractivity contribution in [1.29, 1.82) is 0 Å². The molecule has 16 heavy (non-hydrogen) atoms. The van der Waals surface area contributed by atoms with E-state index in [4.69, 9.17) is 0 Å². The average molecular weight is 208 g/mol. The molecule has 0 aliphatic carbocycles. The molecule has 0 atom stereocenters. The van der Waals surface area contributed by atoms with Gasteiger partial charge in [0.1, 0.15) is 11.2 Å². The molecular formula is C12H8N4. The topological polar surface area (TPSA) is 51.6 Å². The van der Waals surface area contributed by atoms with Crippen LogP contribution in [-0.4, -0.2) is 19.9 Å². The summed E-state index contributed by atoms with van der Waals surface area (Å²) in [5.41, 5.74) is 2.40. The first-order valence-electron chi connectivity index (χ1n) is 4.93. The Balaban J connectivity index is 2.19. The maximum atomic E-state index is 4.41. The number of aromatic nitrogens is 4. The Hall–Kier alpha value is -2.36. The Bertz CT molecular complexity index is 622. The molecule has 3 aromatic heterocycles. The molecule has 76 valence electrons. The van der Waals surface area contributed by atoms with Crippen LogP contribution in [0.3, 0.4) is 0 Å². The molecular weight excluding hydrogens is 200 g/mol. The highest BCUT2D eigenvalue weighted by atomic mass is 14.9. The molecule has 3 heterocycles. The standard InChI is InChI=1S/C12H8N4/c1-2-6-13-10(4-1)12-15-8-11-9(16-12)5-3-7-14-11/h1-8H. The van der Waals surface area contributed by atoms with Crippen LogP contribution < -0.4 is 0 Å². The molecule has 0 unspecified atom stereocenters. The van der Waals surface area contributed by atoms with Gasteiger partial charge in [-0.15, -0.1) is 0 Å². The fraction of sp³-hybridized carbons (Fsp3) is 0. The monoisotopic (exact) mass is 208 g/mol. The number of hydrogen-bond acceptors (Lipinski definition) is 4. The summed E-state index contributed by atoms with van der Waals surface area (Å²) in [7, 11) is 0. The van der Waals surface area contributed by atoms with Crippen LogP contribution in [0.1, 0.15) is 0 Å². The van der Waals surface area contributed by atoms with Gasteiger partial charge in [0, 0.05) is 12.4 Å². The maximum Gasteiger partial charge on any atom is 0.178 e. The van der Waals surface area contributed by atoms with Gasteiger partial charge in [0.2, 0.25) is 0 Å². The molecule has 0 spiro atoms. The lowest BCUT2D eigenvalue weighted by molar-refractivity contribution is 1.16. The SMILES string of the molecule is c1ccc(-c2ncc3ncccc3n2)nc1. The van der Waals surface area contributed by atoms with Gasteiger partial charge in [0.15, 0.2) is 5.82 Å². The molecule has 0 bridgehead atoms. The molecule has 3 aromatic rings. The van der Waals surface area contributed by atoms with Gasteiger partial charge in [-0.05, 0) is 24.3 Å². The summed E-state index contributed by atoms with van der Waals surface area (Å²) in [4.78, 5) is 17.0. The van der Waals surface area contributed by atoms with Crippen molar-refractivity contribution < 1.29 is 0 Å². The number of rotatable bonds is 1. The normalized spacial score (nSPS) is 10.5. The second kappa shape index (κ2) is 3.66. The molecule has 4 nitrogen and oxygen atoms in total. The number of hydrogen-bond donors (Lipinski definition) is 0. The number of fused-ring (bicyclic) bond motifs is 1. The van der Waals surface area contributed by atoms with E-state index < -0.39 is 0 Å². The highest BCUT2D eigenvalue weighted by Gasteiger charge is 2.03. The van der Waals surface area contributed by atoms with Crippen molar-refractivity contribution in [3.8, 4) is 11.5 Å². The summed E-state index contributed by atoms with van der Waals surface area (Å²) in [6.45, 7) is 0. The molecule has 0 fully saturated rings. The van der Waals surface area contributed by atoms with Crippen LogP contribution in [0.2, 0.25) is 0 Å². The van der Waals surface area contributed by atoms with E-state index in [1.165, 1.54) is 0 Å². The zero-order valence-corrected chi connectivity index (χ0v) is 8.41. The Morgan fingerprint density at radius 3 is 2.56 bits per heavy atom. The van der Waals surface area contributed by atoms with Gasteiger partial charge in [-0.25, -0.2) is 9.97 Å². The minimum atomic E-state index is 0.626. The lowest BCUT2D eigenvalue weighted by Crippen LogP contribution is -1.92. The van der Waals surface area contributed by atoms with E-state index in [0.29, 0.717) is 5.82 Å². The van der Waals surface area contributed by atoms with Gasteiger partial charge in [-0.3, -0.25) is 9.97 Å². The first-order valence-corrected chi connectivity index (χ1v) is 4.93. The Morgan fingerprint density at radius 1 is 0.750 bits per heavy atom. The maximum absolute atomic E-state index is 4.41. The minimum Gasteiger partial charge on any atom is -0.253 e. The highest BCUT2D eigenvalue weighted by molar-refractivity contribution is 5.74. The summed E-state index contributed by atoms with van der Waals surface area (Å²) in [6.07, 6.45) is 5.17. The largest absolute Gasteiger partial charge is 0.253 e. The van der Waals surface area contributed by atoms with Crippen LogP contribution in [0.25, 0.3) is 22.6 Å². The molecule has 0 saturated carbocycles. The van der Waals surface area contributed by atoms with E-state index in [1.54, 1.807) is 18.6 Å². The summed E-state index contributed by atoms with van der Waals surface area (Å²) < 4.78 is 0. The van der Waals surface area contributed by atoms with Crippen molar-refractivity contribution in [2.75, 3.05) is 0 Å². The van der Waals surface area contributed by atoms with Crippen molar-refractivity contribution >= 4 is 11.0 Å². The highest BCUT2D eigenvalue weighted by Crippen LogP contribution is 2.13. The van der Waals surface area contributed by atoms with Gasteiger partial charge in [0.05, 0.1) is 11.7 Å². The summed E-state index contributed by atoms with van der Waals surface area (Å²) in [5, 5.41) is 0. The lowest BCUT2D eigenvalue weighted by atomic mass is 10.3. The van der Waals surface area contributed by atoms with Gasteiger partial charge in [-0.2, -0.15) is 0 Å². The smallest absolute Gasteiger partial charge is 0.178 e. The van der Waals surface area contributed by atoms with Gasteiger partial charge in [0.25, 0.3) is 0 Å². The van der Waals surface area contributed by atoms with Crippen LogP contribution in [0.4, 0.5) is 0 Å². The zero-order valence-electron chi connectivity index (χ0n) is 8.41. The molecule has 0 aliphatic heterocycles. The van der Waals surface area contributed by atoms with Gasteiger partial charge >= 0.3 is 0 Å². The van der Waals surface area contributed by atoms with Gasteiger partial charge in [-0.1, -0.05) is 6.07 Å². The Morgan fingerprint density at radius 2 is 1.69 bits per heavy atom. The van der Waals surface area contributed by atoms with Gasteiger partial charge < -0.3 is 0 Å². The van der Waals surface area contributed by atoms with E-state index in [9.17, 15) is 0 Å². The van der Waals surface area contributed by atoms with E-state index in [2.05, 4.69) is 19.9 Å². The first-order chi connectivity index (χ1) is 7.93. The minimum absolute atomic E-state index is 0.626. The molecule has 0 aliphatic rings. The van der Waals surface area contributed by atoms with Crippen molar-refractivity contribution in [3.63, 3.8) is 0 Å². The molecule has 4 heteroatoms. The Labute approximate surface area is 92.0 Å². The number of pyridine rings is 2. The lowest BCUT2D eigenvalue weighted by Gasteiger charge is -1.99. The second-order valence-electron chi connectivity index (χ2n) is 3.32. The number of nitrogens with zero attached hydrogens (tertiary/aromatic N) is 4. The van der Waals surface area contributed by atoms with E-state index in [0.717, 1.165) is 16.7 Å². The fourth-order valence-corrected chi connectivity index (χ4v) is 1.49. The quantitative estimate of drug-likeness (QED) is 0.614. The van der Waals surface area contributed by atoms with Crippen molar-refractivity contribution in [3.05, 3.63) is 48.9 Å². The van der Waals surface area contributed by atoms with Crippen LogP contribution in [0.5, 0.6) is 0 Å². The van der Waals surface area contributed by atoms with Crippen LogP contribution in [-0.2, 0) is 0 Å². The fourth-order valence-electron chi connectivity index (χ4n) is 1.49. The molecule has 0 saturated heterocycles. The third-order valence-corrected chi connectivity index (χ3v) is 2.25. The average Bonchev–Trinajstić information content (AvgIpc) is 2.39.